The fourth-order valence-electron chi connectivity index (χ4n) is 2.62. The highest BCUT2D eigenvalue weighted by Crippen LogP contribution is 2.32. The van der Waals surface area contributed by atoms with Crippen molar-refractivity contribution in [3.8, 4) is 5.75 Å². The van der Waals surface area contributed by atoms with Crippen LogP contribution in [0.25, 0.3) is 0 Å². The molecule has 3 rings (SSSR count). The summed E-state index contributed by atoms with van der Waals surface area (Å²) >= 11 is 8.50. The highest BCUT2D eigenvalue weighted by atomic mass is 127. The van der Waals surface area contributed by atoms with Gasteiger partial charge in [-0.05, 0) is 70.6 Å². The van der Waals surface area contributed by atoms with Crippen molar-refractivity contribution in [1.29, 1.82) is 0 Å². The molecule has 104 valence electrons. The molecule has 1 atom stereocenters. The minimum Gasteiger partial charge on any atom is -0.493 e. The summed E-state index contributed by atoms with van der Waals surface area (Å²) in [6.45, 7) is 0.789. The number of ether oxygens (including phenoxy) is 1. The van der Waals surface area contributed by atoms with E-state index < -0.39 is 0 Å². The molecule has 20 heavy (non-hydrogen) atoms. The maximum atomic E-state index is 6.15. The summed E-state index contributed by atoms with van der Waals surface area (Å²) < 4.78 is 6.78. The second-order valence-corrected chi connectivity index (χ2v) is 6.45. The van der Waals surface area contributed by atoms with E-state index in [2.05, 4.69) is 52.2 Å². The van der Waals surface area contributed by atoms with Gasteiger partial charge in [-0.25, -0.2) is 0 Å². The molecule has 4 heteroatoms. The number of nitrogens with one attached hydrogen (secondary N) is 1. The predicted octanol–water partition coefficient (Wildman–Crippen LogP) is 4.19. The Kier molecular flexibility index (Phi) is 4.19. The SMILES string of the molecule is CNC(c1ccc2c(c1)CCO2)c1cc(Cl)ccc1I. The lowest BCUT2D eigenvalue weighted by Crippen LogP contribution is -2.18. The fraction of sp³-hybridized carbons (Fsp3) is 0.250. The molecular formula is C16H15ClINO. The Morgan fingerprint density at radius 1 is 1.25 bits per heavy atom. The molecule has 0 radical (unpaired) electrons. The molecule has 0 aliphatic carbocycles. The summed E-state index contributed by atoms with van der Waals surface area (Å²) in [7, 11) is 1.98. The van der Waals surface area contributed by atoms with Crippen molar-refractivity contribution in [2.45, 2.75) is 12.5 Å². The lowest BCUT2D eigenvalue weighted by Gasteiger charge is -2.19. The van der Waals surface area contributed by atoms with Gasteiger partial charge in [-0.15, -0.1) is 0 Å². The van der Waals surface area contributed by atoms with Gasteiger partial charge in [0.25, 0.3) is 0 Å². The number of hydrogen-bond acceptors (Lipinski definition) is 2. The molecule has 2 nitrogen and oxygen atoms in total. The molecule has 1 aliphatic heterocycles. The molecule has 2 aromatic carbocycles. The zero-order chi connectivity index (χ0) is 14.1. The van der Waals surface area contributed by atoms with Crippen LogP contribution in [0.2, 0.25) is 5.02 Å². The summed E-state index contributed by atoms with van der Waals surface area (Å²) in [5.41, 5.74) is 3.75. The first-order valence-electron chi connectivity index (χ1n) is 6.57. The van der Waals surface area contributed by atoms with Gasteiger partial charge in [-0.1, -0.05) is 23.7 Å². The fourth-order valence-corrected chi connectivity index (χ4v) is 3.45. The van der Waals surface area contributed by atoms with Crippen molar-refractivity contribution in [2.24, 2.45) is 0 Å². The monoisotopic (exact) mass is 399 g/mol. The van der Waals surface area contributed by atoms with E-state index in [4.69, 9.17) is 16.3 Å². The number of halogens is 2. The van der Waals surface area contributed by atoms with Crippen LogP contribution < -0.4 is 10.1 Å². The van der Waals surface area contributed by atoms with Gasteiger partial charge in [0.1, 0.15) is 5.75 Å². The van der Waals surface area contributed by atoms with Gasteiger partial charge in [0.05, 0.1) is 12.6 Å². The van der Waals surface area contributed by atoms with Gasteiger partial charge in [-0.2, -0.15) is 0 Å². The van der Waals surface area contributed by atoms with E-state index in [-0.39, 0.29) is 6.04 Å². The first-order chi connectivity index (χ1) is 9.69. The Morgan fingerprint density at radius 3 is 2.90 bits per heavy atom. The lowest BCUT2D eigenvalue weighted by atomic mass is 9.96. The van der Waals surface area contributed by atoms with Crippen LogP contribution >= 0.6 is 34.2 Å². The van der Waals surface area contributed by atoms with Crippen molar-refractivity contribution < 1.29 is 4.74 Å². The maximum Gasteiger partial charge on any atom is 0.122 e. The number of benzene rings is 2. The van der Waals surface area contributed by atoms with Crippen molar-refractivity contribution in [3.05, 3.63) is 61.7 Å². The average molecular weight is 400 g/mol. The van der Waals surface area contributed by atoms with Crippen LogP contribution in [-0.2, 0) is 6.42 Å². The van der Waals surface area contributed by atoms with Crippen LogP contribution in [0, 0.1) is 3.57 Å². The van der Waals surface area contributed by atoms with E-state index in [1.165, 1.54) is 20.3 Å². The smallest absolute Gasteiger partial charge is 0.122 e. The minimum atomic E-state index is 0.145. The second-order valence-electron chi connectivity index (χ2n) is 4.85. The number of hydrogen-bond donors (Lipinski definition) is 1. The molecule has 1 N–H and O–H groups in total. The van der Waals surface area contributed by atoms with Gasteiger partial charge in [-0.3, -0.25) is 0 Å². The summed E-state index contributed by atoms with van der Waals surface area (Å²) in [6.07, 6.45) is 0.992. The second kappa shape index (κ2) is 5.92. The third-order valence-electron chi connectivity index (χ3n) is 3.60. The molecule has 0 bridgehead atoms. The molecule has 0 saturated carbocycles. The Labute approximate surface area is 137 Å². The molecule has 2 aromatic rings. The number of fused-ring (bicyclic) bond motifs is 1. The highest BCUT2D eigenvalue weighted by molar-refractivity contribution is 14.1. The number of rotatable bonds is 3. The third kappa shape index (κ3) is 2.67. The van der Waals surface area contributed by atoms with E-state index in [9.17, 15) is 0 Å². The van der Waals surface area contributed by atoms with Gasteiger partial charge in [0.15, 0.2) is 0 Å². The first kappa shape index (κ1) is 14.2. The highest BCUT2D eigenvalue weighted by Gasteiger charge is 2.19. The Morgan fingerprint density at radius 2 is 2.10 bits per heavy atom. The molecule has 1 heterocycles. The molecule has 1 aliphatic rings. The minimum absolute atomic E-state index is 0.145. The van der Waals surface area contributed by atoms with Crippen molar-refractivity contribution >= 4 is 34.2 Å². The largest absolute Gasteiger partial charge is 0.493 e. The molecule has 0 amide bonds. The van der Waals surface area contributed by atoms with Crippen LogP contribution in [0.1, 0.15) is 22.7 Å². The van der Waals surface area contributed by atoms with Gasteiger partial charge in [0, 0.05) is 15.0 Å². The van der Waals surface area contributed by atoms with Crippen LogP contribution in [0.3, 0.4) is 0 Å². The third-order valence-corrected chi connectivity index (χ3v) is 4.82. The van der Waals surface area contributed by atoms with Crippen LogP contribution in [0.4, 0.5) is 0 Å². The van der Waals surface area contributed by atoms with E-state index in [1.54, 1.807) is 0 Å². The first-order valence-corrected chi connectivity index (χ1v) is 8.02. The topological polar surface area (TPSA) is 21.3 Å². The molecule has 0 saturated heterocycles. The summed E-state index contributed by atoms with van der Waals surface area (Å²) in [5.74, 6) is 1.02. The molecule has 0 spiro atoms. The van der Waals surface area contributed by atoms with Gasteiger partial charge >= 0.3 is 0 Å². The predicted molar refractivity (Wildman–Crippen MR) is 90.7 cm³/mol. The zero-order valence-corrected chi connectivity index (χ0v) is 14.0. The molecule has 0 fully saturated rings. The van der Waals surface area contributed by atoms with Crippen LogP contribution in [-0.4, -0.2) is 13.7 Å². The van der Waals surface area contributed by atoms with E-state index in [1.807, 2.05) is 19.2 Å². The van der Waals surface area contributed by atoms with E-state index in [0.29, 0.717) is 0 Å². The van der Waals surface area contributed by atoms with E-state index >= 15 is 0 Å². The van der Waals surface area contributed by atoms with Gasteiger partial charge < -0.3 is 10.1 Å². The maximum absolute atomic E-state index is 6.15. The summed E-state index contributed by atoms with van der Waals surface area (Å²) in [6, 6.07) is 12.6. The Bertz CT molecular complexity index is 644. The van der Waals surface area contributed by atoms with Crippen molar-refractivity contribution in [1.82, 2.24) is 5.32 Å². The zero-order valence-electron chi connectivity index (χ0n) is 11.1. The van der Waals surface area contributed by atoms with Crippen LogP contribution in [0.5, 0.6) is 5.75 Å². The van der Waals surface area contributed by atoms with Gasteiger partial charge in [0.2, 0.25) is 0 Å². The summed E-state index contributed by atoms with van der Waals surface area (Å²) in [5, 5.41) is 4.16. The average Bonchev–Trinajstić information content (AvgIpc) is 2.91. The van der Waals surface area contributed by atoms with Crippen molar-refractivity contribution in [3.63, 3.8) is 0 Å². The lowest BCUT2D eigenvalue weighted by molar-refractivity contribution is 0.357. The quantitative estimate of drug-likeness (QED) is 0.782. The van der Waals surface area contributed by atoms with E-state index in [0.717, 1.165) is 23.8 Å². The molecule has 1 unspecified atom stereocenters. The normalized spacial score (nSPS) is 14.8. The Balaban J connectivity index is 2.03. The van der Waals surface area contributed by atoms with Crippen LogP contribution in [0.15, 0.2) is 36.4 Å². The molecule has 0 aromatic heterocycles. The standard InChI is InChI=1S/C16H15ClINO/c1-19-16(13-9-12(17)3-4-14(13)18)11-2-5-15-10(8-11)6-7-20-15/h2-5,8-9,16,19H,6-7H2,1H3. The molecular weight excluding hydrogens is 385 g/mol. The Hall–Kier alpha value is -0.780. The summed E-state index contributed by atoms with van der Waals surface area (Å²) in [4.78, 5) is 0. The van der Waals surface area contributed by atoms with Crippen molar-refractivity contribution in [2.75, 3.05) is 13.7 Å².